The van der Waals surface area contributed by atoms with Crippen molar-refractivity contribution in [3.63, 3.8) is 0 Å². The van der Waals surface area contributed by atoms with Crippen LogP contribution in [0, 0.1) is 0 Å². The van der Waals surface area contributed by atoms with Crippen LogP contribution in [0.2, 0.25) is 0 Å². The zero-order chi connectivity index (χ0) is 26.5. The summed E-state index contributed by atoms with van der Waals surface area (Å²) in [6.45, 7) is 11.9. The van der Waals surface area contributed by atoms with E-state index < -0.39 is 10.0 Å². The Morgan fingerprint density at radius 1 is 0.973 bits per heavy atom. The Morgan fingerprint density at radius 2 is 1.62 bits per heavy atom. The third-order valence-electron chi connectivity index (χ3n) is 8.48. The standard InChI is InChI=1S/C28H42N4O4S/c1-6-37(34,35)30-13-11-29(12-14-30)28(33)27-16-21-15-24(9-10-26(21)32(27)20(4)5)36-25-17-22-7-8-23(18-25)31(22)19(2)3/h9-10,15-16,19-20,22-23,25H,6-8,11-14,17-18H2,1-5H3/t22-,23+,25+. The maximum Gasteiger partial charge on any atom is 0.270 e. The Bertz CT molecular complexity index is 1230. The highest BCUT2D eigenvalue weighted by atomic mass is 32.2. The van der Waals surface area contributed by atoms with Crippen molar-refractivity contribution < 1.29 is 17.9 Å². The van der Waals surface area contributed by atoms with Crippen molar-refractivity contribution in [1.29, 1.82) is 0 Å². The zero-order valence-electron chi connectivity index (χ0n) is 22.9. The molecule has 0 spiro atoms. The van der Waals surface area contributed by atoms with E-state index in [1.54, 1.807) is 11.8 Å². The minimum Gasteiger partial charge on any atom is -0.490 e. The molecule has 3 atom stereocenters. The van der Waals surface area contributed by atoms with Crippen molar-refractivity contribution in [3.05, 3.63) is 30.0 Å². The fraction of sp³-hybridized carbons (Fsp3) is 0.679. The monoisotopic (exact) mass is 530 g/mol. The average Bonchev–Trinajstić information content (AvgIpc) is 3.38. The van der Waals surface area contributed by atoms with E-state index >= 15 is 0 Å². The van der Waals surface area contributed by atoms with Crippen LogP contribution in [0.4, 0.5) is 0 Å². The Hall–Kier alpha value is -2.10. The van der Waals surface area contributed by atoms with Crippen molar-refractivity contribution in [2.24, 2.45) is 0 Å². The van der Waals surface area contributed by atoms with Gasteiger partial charge in [0.05, 0.1) is 5.75 Å². The number of piperidine rings is 1. The minimum atomic E-state index is -3.23. The minimum absolute atomic E-state index is 0.0430. The van der Waals surface area contributed by atoms with Crippen LogP contribution in [0.5, 0.6) is 5.75 Å². The first-order valence-electron chi connectivity index (χ1n) is 13.9. The highest BCUT2D eigenvalue weighted by Crippen LogP contribution is 2.39. The maximum absolute atomic E-state index is 13.6. The first-order valence-corrected chi connectivity index (χ1v) is 15.6. The predicted octanol–water partition coefficient (Wildman–Crippen LogP) is 4.11. The summed E-state index contributed by atoms with van der Waals surface area (Å²) >= 11 is 0. The summed E-state index contributed by atoms with van der Waals surface area (Å²) in [7, 11) is -3.23. The van der Waals surface area contributed by atoms with Crippen LogP contribution >= 0.6 is 0 Å². The molecule has 37 heavy (non-hydrogen) atoms. The number of piperazine rings is 1. The van der Waals surface area contributed by atoms with Crippen molar-refractivity contribution in [2.45, 2.75) is 90.6 Å². The Morgan fingerprint density at radius 3 is 2.19 bits per heavy atom. The highest BCUT2D eigenvalue weighted by Gasteiger charge is 2.42. The van der Waals surface area contributed by atoms with E-state index in [4.69, 9.17) is 4.74 Å². The molecule has 9 heteroatoms. The van der Waals surface area contributed by atoms with Gasteiger partial charge in [-0.3, -0.25) is 9.69 Å². The van der Waals surface area contributed by atoms with Crippen molar-refractivity contribution in [1.82, 2.24) is 18.7 Å². The largest absolute Gasteiger partial charge is 0.490 e. The number of nitrogens with zero attached hydrogens (tertiary/aromatic N) is 4. The third-order valence-corrected chi connectivity index (χ3v) is 10.4. The lowest BCUT2D eigenvalue weighted by Crippen LogP contribution is -2.51. The molecule has 1 aromatic heterocycles. The van der Waals surface area contributed by atoms with Gasteiger partial charge >= 0.3 is 0 Å². The zero-order valence-corrected chi connectivity index (χ0v) is 23.7. The van der Waals surface area contributed by atoms with Gasteiger partial charge in [-0.1, -0.05) is 0 Å². The topological polar surface area (TPSA) is 75.1 Å². The van der Waals surface area contributed by atoms with E-state index in [0.717, 1.165) is 29.5 Å². The molecular formula is C28H42N4O4S. The normalized spacial score (nSPS) is 25.5. The molecule has 0 aliphatic carbocycles. The van der Waals surface area contributed by atoms with Crippen molar-refractivity contribution in [3.8, 4) is 5.75 Å². The Balaban J connectivity index is 1.33. The highest BCUT2D eigenvalue weighted by molar-refractivity contribution is 7.89. The second-order valence-electron chi connectivity index (χ2n) is 11.4. The predicted molar refractivity (Wildman–Crippen MR) is 147 cm³/mol. The van der Waals surface area contributed by atoms with Crippen molar-refractivity contribution >= 4 is 26.8 Å². The number of hydrogen-bond donors (Lipinski definition) is 0. The number of ether oxygens (including phenoxy) is 1. The molecule has 3 aliphatic rings. The molecule has 3 aliphatic heterocycles. The average molecular weight is 531 g/mol. The summed E-state index contributed by atoms with van der Waals surface area (Å²) in [6, 6.07) is 10.1. The molecular weight excluding hydrogens is 488 g/mol. The molecule has 3 fully saturated rings. The number of benzene rings is 1. The molecule has 1 aromatic carbocycles. The molecule has 204 valence electrons. The van der Waals surface area contributed by atoms with Gasteiger partial charge < -0.3 is 14.2 Å². The van der Waals surface area contributed by atoms with Crippen LogP contribution in [0.3, 0.4) is 0 Å². The van der Waals surface area contributed by atoms with Gasteiger partial charge in [-0.15, -0.1) is 0 Å². The molecule has 5 rings (SSSR count). The van der Waals surface area contributed by atoms with E-state index in [-0.39, 0.29) is 23.8 Å². The smallest absolute Gasteiger partial charge is 0.270 e. The molecule has 0 unspecified atom stereocenters. The number of carbonyl (C=O) groups is 1. The summed E-state index contributed by atoms with van der Waals surface area (Å²) in [6.07, 6.45) is 4.91. The Labute approximate surface area is 221 Å². The summed E-state index contributed by atoms with van der Waals surface area (Å²) in [5.74, 6) is 0.914. The number of aromatic nitrogens is 1. The van der Waals surface area contributed by atoms with E-state index in [9.17, 15) is 13.2 Å². The number of rotatable bonds is 7. The van der Waals surface area contributed by atoms with Crippen LogP contribution in [-0.2, 0) is 10.0 Å². The van der Waals surface area contributed by atoms with Gasteiger partial charge in [-0.2, -0.15) is 4.31 Å². The first-order chi connectivity index (χ1) is 17.6. The second kappa shape index (κ2) is 10.2. The van der Waals surface area contributed by atoms with E-state index in [2.05, 4.69) is 49.3 Å². The molecule has 1 amide bonds. The molecule has 0 N–H and O–H groups in total. The number of fused-ring (bicyclic) bond motifs is 3. The molecule has 0 radical (unpaired) electrons. The fourth-order valence-electron chi connectivity index (χ4n) is 6.82. The van der Waals surface area contributed by atoms with E-state index in [1.807, 2.05) is 12.1 Å². The van der Waals surface area contributed by atoms with Gasteiger partial charge in [-0.05, 0) is 84.6 Å². The molecule has 2 bridgehead atoms. The first kappa shape index (κ1) is 26.5. The molecule has 2 aromatic rings. The lowest BCUT2D eigenvalue weighted by molar-refractivity contribution is 0.0308. The van der Waals surface area contributed by atoms with E-state index in [0.29, 0.717) is 50.0 Å². The molecule has 8 nitrogen and oxygen atoms in total. The van der Waals surface area contributed by atoms with Gasteiger partial charge in [0.15, 0.2) is 0 Å². The van der Waals surface area contributed by atoms with Crippen molar-refractivity contribution in [2.75, 3.05) is 31.9 Å². The number of hydrogen-bond acceptors (Lipinski definition) is 5. The van der Waals surface area contributed by atoms with Crippen LogP contribution < -0.4 is 4.74 Å². The number of amides is 1. The third kappa shape index (κ3) is 5.02. The summed E-state index contributed by atoms with van der Waals surface area (Å²) < 4.78 is 34.6. The number of carbonyl (C=O) groups excluding carboxylic acids is 1. The summed E-state index contributed by atoms with van der Waals surface area (Å²) in [4.78, 5) is 18.1. The summed E-state index contributed by atoms with van der Waals surface area (Å²) in [5.41, 5.74) is 1.67. The maximum atomic E-state index is 13.6. The fourth-order valence-corrected chi connectivity index (χ4v) is 7.90. The van der Waals surface area contributed by atoms with Crippen LogP contribution in [-0.4, -0.2) is 89.2 Å². The van der Waals surface area contributed by atoms with Crippen LogP contribution in [0.25, 0.3) is 10.9 Å². The van der Waals surface area contributed by atoms with Gasteiger partial charge in [0.2, 0.25) is 10.0 Å². The quantitative estimate of drug-likeness (QED) is 0.539. The van der Waals surface area contributed by atoms with Gasteiger partial charge in [0.1, 0.15) is 17.5 Å². The van der Waals surface area contributed by atoms with Gasteiger partial charge in [-0.25, -0.2) is 8.42 Å². The lowest BCUT2D eigenvalue weighted by atomic mass is 9.98. The molecule has 0 saturated carbocycles. The summed E-state index contributed by atoms with van der Waals surface area (Å²) in [5, 5.41) is 1.00. The number of sulfonamides is 1. The molecule has 3 saturated heterocycles. The van der Waals surface area contributed by atoms with Gasteiger partial charge in [0.25, 0.3) is 5.91 Å². The van der Waals surface area contributed by atoms with Crippen LogP contribution in [0.1, 0.15) is 76.8 Å². The van der Waals surface area contributed by atoms with Gasteiger partial charge in [0, 0.05) is 61.2 Å². The second-order valence-corrected chi connectivity index (χ2v) is 13.7. The van der Waals surface area contributed by atoms with E-state index in [1.165, 1.54) is 17.1 Å². The Kier molecular flexibility index (Phi) is 7.33. The molecule has 4 heterocycles. The lowest BCUT2D eigenvalue weighted by Gasteiger charge is -2.41. The SMILES string of the molecule is CCS(=O)(=O)N1CCN(C(=O)c2cc3cc(O[C@H]4C[C@H]5CC[C@@H](C4)N5C(C)C)ccc3n2C(C)C)CC1. The van der Waals surface area contributed by atoms with Crippen LogP contribution in [0.15, 0.2) is 24.3 Å².